The van der Waals surface area contributed by atoms with Gasteiger partial charge >= 0.3 is 0 Å². The lowest BCUT2D eigenvalue weighted by atomic mass is 10.2. The van der Waals surface area contributed by atoms with Crippen molar-refractivity contribution in [2.75, 3.05) is 36.5 Å². The summed E-state index contributed by atoms with van der Waals surface area (Å²) in [6, 6.07) is 14.9. The van der Waals surface area contributed by atoms with Gasteiger partial charge in [-0.2, -0.15) is 0 Å². The van der Waals surface area contributed by atoms with Crippen molar-refractivity contribution in [3.63, 3.8) is 0 Å². The largest absolute Gasteiger partial charge is 0.378 e. The molecule has 1 amide bonds. The van der Waals surface area contributed by atoms with Crippen molar-refractivity contribution < 1.29 is 9.53 Å². The van der Waals surface area contributed by atoms with Gasteiger partial charge in [-0.15, -0.1) is 0 Å². The van der Waals surface area contributed by atoms with Crippen LogP contribution in [0.4, 0.5) is 11.4 Å². The van der Waals surface area contributed by atoms with E-state index < -0.39 is 5.25 Å². The lowest BCUT2D eigenvalue weighted by molar-refractivity contribution is -0.115. The van der Waals surface area contributed by atoms with Crippen LogP contribution in [0, 0.1) is 0 Å². The Kier molecular flexibility index (Phi) is 5.82. The fourth-order valence-corrected chi connectivity index (χ4v) is 3.97. The molecule has 0 radical (unpaired) electrons. The Hall–Kier alpha value is -2.84. The molecule has 2 N–H and O–H groups in total. The topological polar surface area (TPSA) is 87.3 Å². The van der Waals surface area contributed by atoms with E-state index in [1.807, 2.05) is 30.3 Å². The zero-order valence-electron chi connectivity index (χ0n) is 16.1. The molecule has 2 heterocycles. The number of benzene rings is 2. The minimum Gasteiger partial charge on any atom is -0.378 e. The number of nitrogens with one attached hydrogen (secondary N) is 2. The molecule has 0 unspecified atom stereocenters. The first-order chi connectivity index (χ1) is 14.1. The maximum atomic E-state index is 12.6. The molecule has 0 aliphatic carbocycles. The summed E-state index contributed by atoms with van der Waals surface area (Å²) in [4.78, 5) is 34.2. The van der Waals surface area contributed by atoms with Crippen LogP contribution in [0.2, 0.25) is 0 Å². The second-order valence-electron chi connectivity index (χ2n) is 6.78. The Balaban J connectivity index is 1.40. The molecule has 1 aliphatic rings. The molecule has 29 heavy (non-hydrogen) atoms. The van der Waals surface area contributed by atoms with E-state index in [0.717, 1.165) is 37.7 Å². The lowest BCUT2D eigenvalue weighted by Crippen LogP contribution is -2.36. The van der Waals surface area contributed by atoms with Crippen LogP contribution in [0.25, 0.3) is 10.9 Å². The number of carbonyl (C=O) groups is 1. The fourth-order valence-electron chi connectivity index (χ4n) is 3.16. The first-order valence-electron chi connectivity index (χ1n) is 9.49. The lowest BCUT2D eigenvalue weighted by Gasteiger charge is -2.28. The number of hydrogen-bond donors (Lipinski definition) is 2. The summed E-state index contributed by atoms with van der Waals surface area (Å²) < 4.78 is 5.38. The zero-order valence-corrected chi connectivity index (χ0v) is 16.9. The van der Waals surface area contributed by atoms with Gasteiger partial charge in [-0.3, -0.25) is 9.59 Å². The molecule has 1 atom stereocenters. The van der Waals surface area contributed by atoms with E-state index in [-0.39, 0.29) is 11.5 Å². The second-order valence-corrected chi connectivity index (χ2v) is 8.11. The van der Waals surface area contributed by atoms with Crippen LogP contribution in [0.1, 0.15) is 6.92 Å². The average molecular weight is 410 g/mol. The summed E-state index contributed by atoms with van der Waals surface area (Å²) in [5.74, 6) is -0.148. The number of aromatic nitrogens is 2. The summed E-state index contributed by atoms with van der Waals surface area (Å²) in [6.45, 7) is 5.00. The van der Waals surface area contributed by atoms with Crippen LogP contribution >= 0.6 is 11.8 Å². The van der Waals surface area contributed by atoms with E-state index in [1.165, 1.54) is 11.8 Å². The summed E-state index contributed by atoms with van der Waals surface area (Å²) in [5.41, 5.74) is 2.26. The third kappa shape index (κ3) is 4.60. The molecule has 0 spiro atoms. The molecular formula is C21H22N4O3S. The van der Waals surface area contributed by atoms with Crippen LogP contribution in [0.15, 0.2) is 58.5 Å². The van der Waals surface area contributed by atoms with Crippen molar-refractivity contribution >= 4 is 39.9 Å². The normalized spacial score (nSPS) is 15.3. The highest BCUT2D eigenvalue weighted by Crippen LogP contribution is 2.23. The van der Waals surface area contributed by atoms with Crippen molar-refractivity contribution in [2.45, 2.75) is 17.3 Å². The van der Waals surface area contributed by atoms with Gasteiger partial charge < -0.3 is 19.9 Å². The van der Waals surface area contributed by atoms with Gasteiger partial charge in [0.1, 0.15) is 0 Å². The van der Waals surface area contributed by atoms with Gasteiger partial charge in [0.2, 0.25) is 5.91 Å². The fraction of sp³-hybridized carbons (Fsp3) is 0.286. The van der Waals surface area contributed by atoms with Crippen LogP contribution in [-0.2, 0) is 9.53 Å². The van der Waals surface area contributed by atoms with Crippen molar-refractivity contribution in [3.05, 3.63) is 58.9 Å². The van der Waals surface area contributed by atoms with Crippen molar-refractivity contribution in [1.82, 2.24) is 9.97 Å². The number of aromatic amines is 1. The van der Waals surface area contributed by atoms with E-state index >= 15 is 0 Å². The number of thioether (sulfide) groups is 1. The molecular weight excluding hydrogens is 388 g/mol. The number of para-hydroxylation sites is 1. The maximum absolute atomic E-state index is 12.6. The molecule has 3 aromatic rings. The number of carbonyl (C=O) groups excluding carboxylic acids is 1. The number of H-pyrrole nitrogens is 1. The Bertz CT molecular complexity index is 1060. The van der Waals surface area contributed by atoms with Gasteiger partial charge in [-0.05, 0) is 43.3 Å². The molecule has 1 saturated heterocycles. The predicted octanol–water partition coefficient (Wildman–Crippen LogP) is 2.88. The molecule has 4 rings (SSSR count). The summed E-state index contributed by atoms with van der Waals surface area (Å²) in [6.07, 6.45) is 0. The van der Waals surface area contributed by atoms with Crippen molar-refractivity contribution in [2.24, 2.45) is 0 Å². The molecule has 0 bridgehead atoms. The number of rotatable bonds is 5. The Morgan fingerprint density at radius 3 is 2.66 bits per heavy atom. The van der Waals surface area contributed by atoms with Gasteiger partial charge in [0.25, 0.3) is 5.56 Å². The first-order valence-corrected chi connectivity index (χ1v) is 10.4. The molecule has 2 aromatic carbocycles. The van der Waals surface area contributed by atoms with Crippen molar-refractivity contribution in [3.8, 4) is 0 Å². The molecule has 150 valence electrons. The molecule has 7 nitrogen and oxygen atoms in total. The number of hydrogen-bond acceptors (Lipinski definition) is 6. The third-order valence-corrected chi connectivity index (χ3v) is 5.74. The van der Waals surface area contributed by atoms with Gasteiger partial charge in [0.15, 0.2) is 5.16 Å². The molecule has 1 aromatic heterocycles. The van der Waals surface area contributed by atoms with Gasteiger partial charge in [0.05, 0.1) is 29.4 Å². The SMILES string of the molecule is C[C@H](Sc1nc2ccccc2c(=O)[nH]1)C(=O)Nc1ccc(N2CCOCC2)cc1. The number of anilines is 2. The molecule has 1 fully saturated rings. The van der Waals surface area contributed by atoms with Gasteiger partial charge in [0, 0.05) is 24.5 Å². The van der Waals surface area contributed by atoms with Crippen LogP contribution < -0.4 is 15.8 Å². The first kappa shape index (κ1) is 19.5. The number of amides is 1. The van der Waals surface area contributed by atoms with Gasteiger partial charge in [-0.25, -0.2) is 4.98 Å². The van der Waals surface area contributed by atoms with Crippen LogP contribution in [0.3, 0.4) is 0 Å². The average Bonchev–Trinajstić information content (AvgIpc) is 2.75. The quantitative estimate of drug-likeness (QED) is 0.497. The highest BCUT2D eigenvalue weighted by atomic mass is 32.2. The van der Waals surface area contributed by atoms with E-state index in [9.17, 15) is 9.59 Å². The molecule has 0 saturated carbocycles. The summed E-state index contributed by atoms with van der Waals surface area (Å²) >= 11 is 1.22. The summed E-state index contributed by atoms with van der Waals surface area (Å²) in [7, 11) is 0. The van der Waals surface area contributed by atoms with Gasteiger partial charge in [-0.1, -0.05) is 23.9 Å². The van der Waals surface area contributed by atoms with E-state index in [4.69, 9.17) is 4.74 Å². The Labute approximate surface area is 172 Å². The number of nitrogens with zero attached hydrogens (tertiary/aromatic N) is 2. The predicted molar refractivity (Wildman–Crippen MR) is 116 cm³/mol. The van der Waals surface area contributed by atoms with Crippen LogP contribution in [0.5, 0.6) is 0 Å². The highest BCUT2D eigenvalue weighted by Gasteiger charge is 2.17. The highest BCUT2D eigenvalue weighted by molar-refractivity contribution is 8.00. The zero-order chi connectivity index (χ0) is 20.2. The standard InChI is InChI=1S/C21H22N4O3S/c1-14(29-21-23-18-5-3-2-4-17(18)20(27)24-21)19(26)22-15-6-8-16(9-7-15)25-10-12-28-13-11-25/h2-9,14H,10-13H2,1H3,(H,22,26)(H,23,24,27)/t14-/m0/s1. The second kappa shape index (κ2) is 8.67. The summed E-state index contributed by atoms with van der Waals surface area (Å²) in [5, 5.41) is 3.47. The smallest absolute Gasteiger partial charge is 0.259 e. The minimum atomic E-state index is -0.418. The van der Waals surface area contributed by atoms with Crippen molar-refractivity contribution in [1.29, 1.82) is 0 Å². The third-order valence-electron chi connectivity index (χ3n) is 4.76. The number of morpholine rings is 1. The monoisotopic (exact) mass is 410 g/mol. The molecule has 1 aliphatic heterocycles. The van der Waals surface area contributed by atoms with E-state index in [2.05, 4.69) is 20.2 Å². The minimum absolute atomic E-state index is 0.148. The van der Waals surface area contributed by atoms with E-state index in [0.29, 0.717) is 16.1 Å². The number of fused-ring (bicyclic) bond motifs is 1. The number of ether oxygens (including phenoxy) is 1. The van der Waals surface area contributed by atoms with E-state index in [1.54, 1.807) is 25.1 Å². The maximum Gasteiger partial charge on any atom is 0.259 e. The molecule has 8 heteroatoms. The van der Waals surface area contributed by atoms with Crippen LogP contribution in [-0.4, -0.2) is 47.4 Å². The Morgan fingerprint density at radius 1 is 1.17 bits per heavy atom. The Morgan fingerprint density at radius 2 is 1.90 bits per heavy atom.